The third kappa shape index (κ3) is 3.83. The Balaban J connectivity index is 1.57. The first-order valence-corrected chi connectivity index (χ1v) is 11.4. The van der Waals surface area contributed by atoms with Crippen LogP contribution in [0.1, 0.15) is 32.6 Å². The third-order valence-corrected chi connectivity index (χ3v) is 7.30. The molecule has 4 rings (SSSR count). The van der Waals surface area contributed by atoms with E-state index in [1.807, 2.05) is 32.0 Å². The van der Waals surface area contributed by atoms with Crippen LogP contribution >= 0.6 is 0 Å². The van der Waals surface area contributed by atoms with Crippen LogP contribution < -0.4 is 9.62 Å². The largest absolute Gasteiger partial charge is 0.348 e. The Bertz CT molecular complexity index is 1200. The molecule has 3 aromatic rings. The minimum atomic E-state index is -3.66. The van der Waals surface area contributed by atoms with Gasteiger partial charge >= 0.3 is 0 Å². The SMILES string of the molecule is Cc1ccc(C)c(CNC(=O)c2ccc3c(c2)N(S(=O)(=O)c2ccccc2)CC3)c1. The lowest BCUT2D eigenvalue weighted by Crippen LogP contribution is -2.29. The van der Waals surface area contributed by atoms with Gasteiger partial charge in [0.05, 0.1) is 10.6 Å². The molecule has 0 atom stereocenters. The summed E-state index contributed by atoms with van der Waals surface area (Å²) in [7, 11) is -3.66. The average Bonchev–Trinajstić information content (AvgIpc) is 3.19. The van der Waals surface area contributed by atoms with Gasteiger partial charge in [-0.15, -0.1) is 0 Å². The lowest BCUT2D eigenvalue weighted by atomic mass is 10.1. The topological polar surface area (TPSA) is 66.5 Å². The minimum Gasteiger partial charge on any atom is -0.348 e. The first-order valence-electron chi connectivity index (χ1n) is 9.91. The van der Waals surface area contributed by atoms with E-state index in [-0.39, 0.29) is 10.8 Å². The number of anilines is 1. The molecule has 0 fully saturated rings. The summed E-state index contributed by atoms with van der Waals surface area (Å²) in [6.07, 6.45) is 0.631. The summed E-state index contributed by atoms with van der Waals surface area (Å²) in [6.45, 7) is 4.84. The van der Waals surface area contributed by atoms with Crippen LogP contribution in [0.4, 0.5) is 5.69 Å². The number of carbonyl (C=O) groups is 1. The van der Waals surface area contributed by atoms with Gasteiger partial charge in [-0.05, 0) is 61.2 Å². The highest BCUT2D eigenvalue weighted by Crippen LogP contribution is 2.33. The van der Waals surface area contributed by atoms with Gasteiger partial charge in [0.2, 0.25) is 0 Å². The van der Waals surface area contributed by atoms with Crippen molar-refractivity contribution in [3.63, 3.8) is 0 Å². The number of hydrogen-bond donors (Lipinski definition) is 1. The third-order valence-electron chi connectivity index (χ3n) is 5.48. The molecular weight excluding hydrogens is 396 g/mol. The number of nitrogens with one attached hydrogen (secondary N) is 1. The maximum absolute atomic E-state index is 13.1. The van der Waals surface area contributed by atoms with Gasteiger partial charge in [0.1, 0.15) is 0 Å². The molecule has 6 heteroatoms. The Labute approximate surface area is 177 Å². The summed E-state index contributed by atoms with van der Waals surface area (Å²) in [5, 5.41) is 2.95. The molecule has 0 radical (unpaired) electrons. The van der Waals surface area contributed by atoms with Crippen molar-refractivity contribution in [2.75, 3.05) is 10.8 Å². The number of benzene rings is 3. The van der Waals surface area contributed by atoms with Gasteiger partial charge in [0, 0.05) is 18.7 Å². The van der Waals surface area contributed by atoms with Crippen LogP contribution in [0.3, 0.4) is 0 Å². The lowest BCUT2D eigenvalue weighted by molar-refractivity contribution is 0.0951. The van der Waals surface area contributed by atoms with E-state index in [0.717, 1.165) is 22.3 Å². The van der Waals surface area contributed by atoms with E-state index < -0.39 is 10.0 Å². The second-order valence-electron chi connectivity index (χ2n) is 7.60. The fourth-order valence-electron chi connectivity index (χ4n) is 3.73. The van der Waals surface area contributed by atoms with Crippen molar-refractivity contribution in [1.82, 2.24) is 5.32 Å². The number of fused-ring (bicyclic) bond motifs is 1. The molecule has 0 aromatic heterocycles. The molecule has 0 bridgehead atoms. The van der Waals surface area contributed by atoms with Crippen molar-refractivity contribution in [2.45, 2.75) is 31.7 Å². The van der Waals surface area contributed by atoms with Crippen LogP contribution in [0.15, 0.2) is 71.6 Å². The second-order valence-corrected chi connectivity index (χ2v) is 9.46. The number of hydrogen-bond acceptors (Lipinski definition) is 3. The highest BCUT2D eigenvalue weighted by atomic mass is 32.2. The minimum absolute atomic E-state index is 0.220. The molecule has 1 heterocycles. The Morgan fingerprint density at radius 2 is 1.77 bits per heavy atom. The van der Waals surface area contributed by atoms with Crippen molar-refractivity contribution in [1.29, 1.82) is 0 Å². The van der Waals surface area contributed by atoms with E-state index in [1.165, 1.54) is 4.31 Å². The van der Waals surface area contributed by atoms with Gasteiger partial charge in [-0.3, -0.25) is 9.10 Å². The van der Waals surface area contributed by atoms with Crippen LogP contribution in [-0.4, -0.2) is 20.9 Å². The van der Waals surface area contributed by atoms with E-state index in [1.54, 1.807) is 42.5 Å². The van der Waals surface area contributed by atoms with Crippen molar-refractivity contribution < 1.29 is 13.2 Å². The predicted octanol–water partition coefficient (Wildman–Crippen LogP) is 3.98. The number of nitrogens with zero attached hydrogens (tertiary/aromatic N) is 1. The molecule has 1 aliphatic heterocycles. The molecule has 0 saturated heterocycles. The first-order chi connectivity index (χ1) is 14.4. The monoisotopic (exact) mass is 420 g/mol. The Morgan fingerprint density at radius 1 is 1.00 bits per heavy atom. The van der Waals surface area contributed by atoms with E-state index in [4.69, 9.17) is 0 Å². The molecule has 1 aliphatic rings. The van der Waals surface area contributed by atoms with Crippen molar-refractivity contribution in [2.24, 2.45) is 0 Å². The zero-order chi connectivity index (χ0) is 21.3. The van der Waals surface area contributed by atoms with Gasteiger partial charge < -0.3 is 5.32 Å². The highest BCUT2D eigenvalue weighted by Gasteiger charge is 2.31. The second kappa shape index (κ2) is 7.95. The van der Waals surface area contributed by atoms with Gasteiger partial charge in [-0.1, -0.05) is 48.0 Å². The summed E-state index contributed by atoms with van der Waals surface area (Å²) in [4.78, 5) is 13.0. The molecule has 154 valence electrons. The van der Waals surface area contributed by atoms with Crippen molar-refractivity contribution >= 4 is 21.6 Å². The number of carbonyl (C=O) groups excluding carboxylic acids is 1. The molecular formula is C24H24N2O3S. The maximum atomic E-state index is 13.1. The standard InChI is InChI=1S/C24H24N2O3S/c1-17-8-9-18(2)21(14-17)16-25-24(27)20-11-10-19-12-13-26(23(19)15-20)30(28,29)22-6-4-3-5-7-22/h3-11,14-15H,12-13,16H2,1-2H3,(H,25,27). The van der Waals surface area contributed by atoms with Crippen molar-refractivity contribution in [3.8, 4) is 0 Å². The number of amides is 1. The molecule has 30 heavy (non-hydrogen) atoms. The molecule has 0 aliphatic carbocycles. The molecule has 1 N–H and O–H groups in total. The van der Waals surface area contributed by atoms with Gasteiger partial charge in [-0.25, -0.2) is 8.42 Å². The Hall–Kier alpha value is -3.12. The summed E-state index contributed by atoms with van der Waals surface area (Å²) in [5.74, 6) is -0.220. The highest BCUT2D eigenvalue weighted by molar-refractivity contribution is 7.92. The summed E-state index contributed by atoms with van der Waals surface area (Å²) in [6, 6.07) is 19.8. The summed E-state index contributed by atoms with van der Waals surface area (Å²) >= 11 is 0. The van der Waals surface area contributed by atoms with E-state index in [2.05, 4.69) is 11.4 Å². The molecule has 0 saturated carbocycles. The number of aryl methyl sites for hydroxylation is 2. The van der Waals surface area contributed by atoms with Crippen LogP contribution in [0.2, 0.25) is 0 Å². The first kappa shape index (κ1) is 20.2. The zero-order valence-electron chi connectivity index (χ0n) is 17.1. The van der Waals surface area contributed by atoms with Gasteiger partial charge in [-0.2, -0.15) is 0 Å². The van der Waals surface area contributed by atoms with Crippen LogP contribution in [0.25, 0.3) is 0 Å². The van der Waals surface area contributed by atoms with Crippen LogP contribution in [-0.2, 0) is 23.0 Å². The maximum Gasteiger partial charge on any atom is 0.264 e. The zero-order valence-corrected chi connectivity index (χ0v) is 17.9. The Kier molecular flexibility index (Phi) is 5.35. The number of sulfonamides is 1. The fourth-order valence-corrected chi connectivity index (χ4v) is 5.24. The van der Waals surface area contributed by atoms with Crippen LogP contribution in [0.5, 0.6) is 0 Å². The summed E-state index contributed by atoms with van der Waals surface area (Å²) in [5.41, 5.74) is 5.30. The van der Waals surface area contributed by atoms with Crippen molar-refractivity contribution in [3.05, 3.63) is 94.5 Å². The summed E-state index contributed by atoms with van der Waals surface area (Å²) < 4.78 is 27.6. The average molecular weight is 421 g/mol. The molecule has 0 spiro atoms. The molecule has 5 nitrogen and oxygen atoms in total. The van der Waals surface area contributed by atoms with Crippen LogP contribution in [0, 0.1) is 13.8 Å². The fraction of sp³-hybridized carbons (Fsp3) is 0.208. The predicted molar refractivity (Wildman–Crippen MR) is 118 cm³/mol. The molecule has 3 aromatic carbocycles. The smallest absolute Gasteiger partial charge is 0.264 e. The van der Waals surface area contributed by atoms with E-state index in [0.29, 0.717) is 30.8 Å². The molecule has 0 unspecified atom stereocenters. The number of rotatable bonds is 5. The molecule has 1 amide bonds. The lowest BCUT2D eigenvalue weighted by Gasteiger charge is -2.20. The van der Waals surface area contributed by atoms with E-state index >= 15 is 0 Å². The Morgan fingerprint density at radius 3 is 2.53 bits per heavy atom. The quantitative estimate of drug-likeness (QED) is 0.679. The van der Waals surface area contributed by atoms with E-state index in [9.17, 15) is 13.2 Å². The normalized spacial score (nSPS) is 13.2. The van der Waals surface area contributed by atoms with Gasteiger partial charge in [0.25, 0.3) is 15.9 Å². The van der Waals surface area contributed by atoms with Gasteiger partial charge in [0.15, 0.2) is 0 Å².